The minimum absolute atomic E-state index is 0.0377. The molecule has 0 aliphatic heterocycles. The van der Waals surface area contributed by atoms with Crippen molar-refractivity contribution in [1.29, 1.82) is 0 Å². The molecule has 0 bridgehead atoms. The summed E-state index contributed by atoms with van der Waals surface area (Å²) in [5.74, 6) is -1.50. The first-order chi connectivity index (χ1) is 11.9. The highest BCUT2D eigenvalue weighted by Gasteiger charge is 2.20. The van der Waals surface area contributed by atoms with Crippen molar-refractivity contribution in [1.82, 2.24) is 5.32 Å². The van der Waals surface area contributed by atoms with Crippen molar-refractivity contribution >= 4 is 40.4 Å². The largest absolute Gasteiger partial charge is 0.469 e. The zero-order valence-corrected chi connectivity index (χ0v) is 14.6. The van der Waals surface area contributed by atoms with E-state index in [0.717, 1.165) is 0 Å². The zero-order chi connectivity index (χ0) is 18.4. The third-order valence-corrected chi connectivity index (χ3v) is 3.76. The van der Waals surface area contributed by atoms with E-state index in [0.29, 0.717) is 28.0 Å². The molecule has 0 saturated heterocycles. The number of carbonyl (C=O) groups is 3. The molecule has 25 heavy (non-hydrogen) atoms. The van der Waals surface area contributed by atoms with Gasteiger partial charge in [0.05, 0.1) is 7.11 Å². The van der Waals surface area contributed by atoms with Crippen LogP contribution in [-0.2, 0) is 19.1 Å². The summed E-state index contributed by atoms with van der Waals surface area (Å²) in [6, 6.07) is 5.01. The van der Waals surface area contributed by atoms with E-state index in [1.807, 2.05) is 0 Å². The molecule has 1 heterocycles. The molecule has 0 aliphatic rings. The highest BCUT2D eigenvalue weighted by Crippen LogP contribution is 2.28. The molecule has 1 N–H and O–H groups in total. The molecule has 1 amide bonds. The molecule has 0 saturated carbocycles. The van der Waals surface area contributed by atoms with Gasteiger partial charge in [0.2, 0.25) is 5.76 Å². The second-order valence-corrected chi connectivity index (χ2v) is 5.74. The smallest absolute Gasteiger partial charge is 0.375 e. The number of fused-ring (bicyclic) bond motifs is 1. The van der Waals surface area contributed by atoms with Crippen LogP contribution in [0.1, 0.15) is 29.0 Å². The number of methoxy groups -OCH3 is 1. The third-order valence-electron chi connectivity index (χ3n) is 3.53. The molecule has 0 unspecified atom stereocenters. The second kappa shape index (κ2) is 8.53. The lowest BCUT2D eigenvalue weighted by atomic mass is 10.1. The number of furan rings is 1. The van der Waals surface area contributed by atoms with E-state index < -0.39 is 18.5 Å². The van der Waals surface area contributed by atoms with Gasteiger partial charge >= 0.3 is 11.9 Å². The Morgan fingerprint density at radius 1 is 1.28 bits per heavy atom. The number of aryl methyl sites for hydroxylation is 1. The molecule has 0 atom stereocenters. The summed E-state index contributed by atoms with van der Waals surface area (Å²) in [5, 5.41) is 3.79. The van der Waals surface area contributed by atoms with Crippen molar-refractivity contribution in [3.8, 4) is 0 Å². The summed E-state index contributed by atoms with van der Waals surface area (Å²) >= 11 is 5.93. The van der Waals surface area contributed by atoms with Crippen LogP contribution < -0.4 is 5.32 Å². The molecular weight excluding hydrogens is 350 g/mol. The summed E-state index contributed by atoms with van der Waals surface area (Å²) in [7, 11) is 1.30. The second-order valence-electron chi connectivity index (χ2n) is 5.30. The molecule has 1 aromatic heterocycles. The van der Waals surface area contributed by atoms with Gasteiger partial charge in [-0.25, -0.2) is 4.79 Å². The molecule has 0 aliphatic carbocycles. The maximum atomic E-state index is 12.1. The number of rotatable bonds is 7. The summed E-state index contributed by atoms with van der Waals surface area (Å²) in [6.07, 6.45) is 0.646. The average molecular weight is 368 g/mol. The Morgan fingerprint density at radius 2 is 2.04 bits per heavy atom. The Morgan fingerprint density at radius 3 is 2.76 bits per heavy atom. The van der Waals surface area contributed by atoms with Crippen LogP contribution in [0.4, 0.5) is 0 Å². The van der Waals surface area contributed by atoms with Crippen molar-refractivity contribution in [2.45, 2.75) is 19.8 Å². The fourth-order valence-electron chi connectivity index (χ4n) is 2.20. The van der Waals surface area contributed by atoms with Gasteiger partial charge in [0.15, 0.2) is 6.61 Å². The predicted molar refractivity (Wildman–Crippen MR) is 90.5 cm³/mol. The number of ether oxygens (including phenoxy) is 2. The fraction of sp³-hybridized carbons (Fsp3) is 0.353. The van der Waals surface area contributed by atoms with Crippen LogP contribution >= 0.6 is 11.6 Å². The monoisotopic (exact) mass is 367 g/mol. The standard InChI is InChI=1S/C17H18ClNO6/c1-10-12-8-11(18)5-6-13(12)25-16(10)17(22)24-9-14(20)19-7-3-4-15(21)23-2/h5-6,8H,3-4,7,9H2,1-2H3,(H,19,20). The Kier molecular flexibility index (Phi) is 6.41. The summed E-state index contributed by atoms with van der Waals surface area (Å²) in [4.78, 5) is 34.7. The molecule has 0 radical (unpaired) electrons. The van der Waals surface area contributed by atoms with Crippen LogP contribution in [0.15, 0.2) is 22.6 Å². The average Bonchev–Trinajstić information content (AvgIpc) is 2.92. The lowest BCUT2D eigenvalue weighted by Crippen LogP contribution is -2.30. The lowest BCUT2D eigenvalue weighted by molar-refractivity contribution is -0.140. The lowest BCUT2D eigenvalue weighted by Gasteiger charge is -2.05. The third kappa shape index (κ3) is 4.96. The van der Waals surface area contributed by atoms with Crippen molar-refractivity contribution in [2.24, 2.45) is 0 Å². The topological polar surface area (TPSA) is 94.8 Å². The van der Waals surface area contributed by atoms with Gasteiger partial charge < -0.3 is 19.2 Å². The molecular formula is C17H18ClNO6. The van der Waals surface area contributed by atoms with Crippen LogP contribution in [0.3, 0.4) is 0 Å². The van der Waals surface area contributed by atoms with Gasteiger partial charge in [0.1, 0.15) is 5.58 Å². The maximum absolute atomic E-state index is 12.1. The summed E-state index contributed by atoms with van der Waals surface area (Å²) in [6.45, 7) is 1.56. The van der Waals surface area contributed by atoms with E-state index in [1.165, 1.54) is 7.11 Å². The SMILES string of the molecule is COC(=O)CCCNC(=O)COC(=O)c1oc2ccc(Cl)cc2c1C. The van der Waals surface area contributed by atoms with E-state index in [4.69, 9.17) is 20.8 Å². The highest BCUT2D eigenvalue weighted by atomic mass is 35.5. The number of esters is 2. The van der Waals surface area contributed by atoms with E-state index in [-0.39, 0.29) is 24.7 Å². The van der Waals surface area contributed by atoms with Gasteiger partial charge in [-0.3, -0.25) is 9.59 Å². The van der Waals surface area contributed by atoms with Gasteiger partial charge in [-0.2, -0.15) is 0 Å². The number of amides is 1. The molecule has 134 valence electrons. The van der Waals surface area contributed by atoms with Crippen molar-refractivity contribution in [2.75, 3.05) is 20.3 Å². The van der Waals surface area contributed by atoms with E-state index in [9.17, 15) is 14.4 Å². The number of benzene rings is 1. The predicted octanol–water partition coefficient (Wildman–Crippen LogP) is 2.62. The first-order valence-electron chi connectivity index (χ1n) is 7.61. The summed E-state index contributed by atoms with van der Waals surface area (Å²) < 4.78 is 14.9. The van der Waals surface area contributed by atoms with E-state index in [1.54, 1.807) is 25.1 Å². The number of hydrogen-bond acceptors (Lipinski definition) is 6. The number of halogens is 1. The number of nitrogens with one attached hydrogen (secondary N) is 1. The minimum atomic E-state index is -0.727. The van der Waals surface area contributed by atoms with Crippen molar-refractivity contribution in [3.05, 3.63) is 34.5 Å². The molecule has 7 nitrogen and oxygen atoms in total. The van der Waals surface area contributed by atoms with Crippen LogP contribution in [-0.4, -0.2) is 38.1 Å². The van der Waals surface area contributed by atoms with Gasteiger partial charge in [-0.1, -0.05) is 11.6 Å². The molecule has 2 rings (SSSR count). The Bertz CT molecular complexity index is 798. The van der Waals surface area contributed by atoms with Crippen LogP contribution in [0.2, 0.25) is 5.02 Å². The van der Waals surface area contributed by atoms with Gasteiger partial charge in [-0.15, -0.1) is 0 Å². The normalized spacial score (nSPS) is 10.5. The Balaban J connectivity index is 1.85. The number of carbonyl (C=O) groups excluding carboxylic acids is 3. The molecule has 0 spiro atoms. The maximum Gasteiger partial charge on any atom is 0.375 e. The summed E-state index contributed by atoms with van der Waals surface area (Å²) in [5.41, 5.74) is 1.11. The molecule has 2 aromatic rings. The number of hydrogen-bond donors (Lipinski definition) is 1. The van der Waals surface area contributed by atoms with E-state index >= 15 is 0 Å². The Hall–Kier alpha value is -2.54. The van der Waals surface area contributed by atoms with Crippen LogP contribution in [0.5, 0.6) is 0 Å². The first-order valence-corrected chi connectivity index (χ1v) is 7.99. The zero-order valence-electron chi connectivity index (χ0n) is 13.9. The molecule has 0 fully saturated rings. The van der Waals surface area contributed by atoms with Crippen molar-refractivity contribution < 1.29 is 28.3 Å². The quantitative estimate of drug-likeness (QED) is 0.597. The van der Waals surface area contributed by atoms with Gasteiger partial charge in [-0.05, 0) is 31.5 Å². The van der Waals surface area contributed by atoms with Crippen LogP contribution in [0.25, 0.3) is 11.0 Å². The van der Waals surface area contributed by atoms with Gasteiger partial charge in [0.25, 0.3) is 5.91 Å². The fourth-order valence-corrected chi connectivity index (χ4v) is 2.37. The van der Waals surface area contributed by atoms with E-state index in [2.05, 4.69) is 10.1 Å². The van der Waals surface area contributed by atoms with Crippen LogP contribution in [0, 0.1) is 6.92 Å². The first kappa shape index (κ1) is 18.8. The molecule has 1 aromatic carbocycles. The highest BCUT2D eigenvalue weighted by molar-refractivity contribution is 6.31. The Labute approximate surface area is 149 Å². The van der Waals surface area contributed by atoms with Gasteiger partial charge in [0, 0.05) is 28.9 Å². The van der Waals surface area contributed by atoms with Crippen molar-refractivity contribution in [3.63, 3.8) is 0 Å². The molecule has 8 heteroatoms. The minimum Gasteiger partial charge on any atom is -0.469 e.